The van der Waals surface area contributed by atoms with Crippen molar-refractivity contribution in [3.05, 3.63) is 41.7 Å². The van der Waals surface area contributed by atoms with E-state index in [-0.39, 0.29) is 5.82 Å². The van der Waals surface area contributed by atoms with E-state index in [1.54, 1.807) is 13.0 Å². The summed E-state index contributed by atoms with van der Waals surface area (Å²) in [6, 6.07) is 5.16. The van der Waals surface area contributed by atoms with E-state index < -0.39 is 0 Å². The number of aryl methyl sites for hydroxylation is 1. The zero-order valence-corrected chi connectivity index (χ0v) is 8.82. The Morgan fingerprint density at radius 2 is 1.85 bits per heavy atom. The van der Waals surface area contributed by atoms with Gasteiger partial charge in [0.15, 0.2) is 0 Å². The molecular weight excluding hydrogens is 163 g/mol. The monoisotopic (exact) mass is 180 g/mol. The lowest BCUT2D eigenvalue weighted by atomic mass is 10.1. The minimum absolute atomic E-state index is 0.183. The molecule has 0 spiro atoms. The largest absolute Gasteiger partial charge is 0.206 e. The second-order valence-electron chi connectivity index (χ2n) is 2.76. The third-order valence-corrected chi connectivity index (χ3v) is 1.58. The first-order chi connectivity index (χ1) is 6.11. The van der Waals surface area contributed by atoms with Gasteiger partial charge in [-0.05, 0) is 31.1 Å². The van der Waals surface area contributed by atoms with Crippen molar-refractivity contribution in [1.29, 1.82) is 0 Å². The topological polar surface area (TPSA) is 0 Å². The highest BCUT2D eigenvalue weighted by molar-refractivity contribution is 5.61. The lowest BCUT2D eigenvalue weighted by Gasteiger charge is -2.01. The molecule has 0 aliphatic rings. The summed E-state index contributed by atoms with van der Waals surface area (Å²) in [5, 5.41) is 0. The molecule has 1 rings (SSSR count). The van der Waals surface area contributed by atoms with Crippen molar-refractivity contribution in [1.82, 2.24) is 0 Å². The smallest absolute Gasteiger partial charge is 0.130 e. The molecule has 0 fully saturated rings. The molecule has 0 nitrogen and oxygen atoms in total. The van der Waals surface area contributed by atoms with Crippen LogP contribution in [0.15, 0.2) is 24.8 Å². The van der Waals surface area contributed by atoms with Crippen LogP contribution in [-0.2, 0) is 0 Å². The second-order valence-corrected chi connectivity index (χ2v) is 2.76. The van der Waals surface area contributed by atoms with E-state index in [4.69, 9.17) is 0 Å². The average Bonchev–Trinajstić information content (AvgIpc) is 2.07. The van der Waals surface area contributed by atoms with Crippen molar-refractivity contribution in [2.45, 2.75) is 27.7 Å². The lowest BCUT2D eigenvalue weighted by Crippen LogP contribution is -1.86. The Morgan fingerprint density at radius 1 is 1.31 bits per heavy atom. The van der Waals surface area contributed by atoms with Crippen molar-refractivity contribution in [2.24, 2.45) is 0 Å². The van der Waals surface area contributed by atoms with Crippen LogP contribution in [0.5, 0.6) is 0 Å². The van der Waals surface area contributed by atoms with Crippen LogP contribution in [0, 0.1) is 12.7 Å². The van der Waals surface area contributed by atoms with Crippen molar-refractivity contribution in [3.63, 3.8) is 0 Å². The van der Waals surface area contributed by atoms with Gasteiger partial charge in [0.1, 0.15) is 5.82 Å². The molecule has 0 atom stereocenters. The van der Waals surface area contributed by atoms with Crippen LogP contribution >= 0.6 is 0 Å². The number of halogens is 1. The highest BCUT2D eigenvalue weighted by Crippen LogP contribution is 2.16. The van der Waals surface area contributed by atoms with Crippen molar-refractivity contribution in [3.8, 4) is 0 Å². The fraction of sp³-hybridized carbons (Fsp3) is 0.333. The summed E-state index contributed by atoms with van der Waals surface area (Å²) in [6.07, 6.45) is 0. The third kappa shape index (κ3) is 3.41. The van der Waals surface area contributed by atoms with Crippen molar-refractivity contribution < 1.29 is 4.39 Å². The Kier molecular flexibility index (Phi) is 5.05. The maximum atomic E-state index is 13.0. The summed E-state index contributed by atoms with van der Waals surface area (Å²) in [7, 11) is 0. The minimum atomic E-state index is -0.183. The van der Waals surface area contributed by atoms with E-state index in [0.717, 1.165) is 11.1 Å². The van der Waals surface area contributed by atoms with E-state index in [0.29, 0.717) is 5.56 Å². The van der Waals surface area contributed by atoms with Gasteiger partial charge in [-0.25, -0.2) is 4.39 Å². The van der Waals surface area contributed by atoms with Gasteiger partial charge in [-0.1, -0.05) is 32.6 Å². The average molecular weight is 180 g/mol. The van der Waals surface area contributed by atoms with Crippen molar-refractivity contribution in [2.75, 3.05) is 0 Å². The van der Waals surface area contributed by atoms with Gasteiger partial charge in [0, 0.05) is 5.56 Å². The lowest BCUT2D eigenvalue weighted by molar-refractivity contribution is 0.623. The summed E-state index contributed by atoms with van der Waals surface area (Å²) in [5.41, 5.74) is 2.31. The van der Waals surface area contributed by atoms with E-state index in [1.807, 2.05) is 26.8 Å². The highest BCUT2D eigenvalue weighted by atomic mass is 19.1. The van der Waals surface area contributed by atoms with E-state index >= 15 is 0 Å². The van der Waals surface area contributed by atoms with Gasteiger partial charge in [0.05, 0.1) is 0 Å². The van der Waals surface area contributed by atoms with Gasteiger partial charge in [-0.15, -0.1) is 0 Å². The number of hydrogen-bond donors (Lipinski definition) is 0. The normalized spacial score (nSPS) is 8.69. The Morgan fingerprint density at radius 3 is 2.23 bits per heavy atom. The van der Waals surface area contributed by atoms with Crippen LogP contribution in [0.4, 0.5) is 4.39 Å². The Bertz CT molecular complexity index is 287. The van der Waals surface area contributed by atoms with Gasteiger partial charge in [0.25, 0.3) is 0 Å². The fourth-order valence-corrected chi connectivity index (χ4v) is 0.966. The molecule has 1 heteroatoms. The molecule has 0 amide bonds. The molecule has 0 radical (unpaired) electrons. The second kappa shape index (κ2) is 5.52. The number of hydrogen-bond acceptors (Lipinski definition) is 0. The highest BCUT2D eigenvalue weighted by Gasteiger charge is 2.00. The standard InChI is InChI=1S/C10H11F.C2H6/c1-7(2)9-5-4-8(3)6-10(9)11;1-2/h4-6H,1H2,2-3H3;1-2H3. The molecule has 1 aromatic carbocycles. The number of rotatable bonds is 1. The molecule has 72 valence electrons. The molecule has 0 unspecified atom stereocenters. The first-order valence-corrected chi connectivity index (χ1v) is 4.53. The molecule has 13 heavy (non-hydrogen) atoms. The predicted molar refractivity (Wildman–Crippen MR) is 57.2 cm³/mol. The Balaban J connectivity index is 0.000000671. The molecule has 0 saturated carbocycles. The third-order valence-electron chi connectivity index (χ3n) is 1.58. The molecule has 0 bridgehead atoms. The van der Waals surface area contributed by atoms with Gasteiger partial charge < -0.3 is 0 Å². The zero-order valence-electron chi connectivity index (χ0n) is 8.82. The Hall–Kier alpha value is -1.11. The van der Waals surface area contributed by atoms with Crippen LogP contribution in [0.25, 0.3) is 5.57 Å². The molecule has 0 aliphatic carbocycles. The maximum absolute atomic E-state index is 13.0. The molecule has 1 aromatic rings. The summed E-state index contributed by atoms with van der Waals surface area (Å²) in [4.78, 5) is 0. The summed E-state index contributed by atoms with van der Waals surface area (Å²) < 4.78 is 13.0. The van der Waals surface area contributed by atoms with E-state index in [9.17, 15) is 4.39 Å². The zero-order chi connectivity index (χ0) is 10.4. The van der Waals surface area contributed by atoms with Crippen LogP contribution in [-0.4, -0.2) is 0 Å². The fourth-order valence-electron chi connectivity index (χ4n) is 0.966. The SMILES string of the molecule is C=C(C)c1ccc(C)cc1F.CC. The van der Waals surface area contributed by atoms with Gasteiger partial charge in [0.2, 0.25) is 0 Å². The molecule has 0 N–H and O–H groups in total. The first-order valence-electron chi connectivity index (χ1n) is 4.53. The maximum Gasteiger partial charge on any atom is 0.130 e. The van der Waals surface area contributed by atoms with Crippen LogP contribution in [0.2, 0.25) is 0 Å². The van der Waals surface area contributed by atoms with E-state index in [1.165, 1.54) is 6.07 Å². The van der Waals surface area contributed by atoms with Crippen LogP contribution < -0.4 is 0 Å². The van der Waals surface area contributed by atoms with Crippen molar-refractivity contribution >= 4 is 5.57 Å². The summed E-state index contributed by atoms with van der Waals surface area (Å²) in [6.45, 7) is 11.3. The summed E-state index contributed by atoms with van der Waals surface area (Å²) in [5.74, 6) is -0.183. The van der Waals surface area contributed by atoms with Gasteiger partial charge in [-0.2, -0.15) is 0 Å². The molecule has 0 saturated heterocycles. The molecule has 0 aromatic heterocycles. The number of benzene rings is 1. The van der Waals surface area contributed by atoms with Gasteiger partial charge >= 0.3 is 0 Å². The van der Waals surface area contributed by atoms with Gasteiger partial charge in [-0.3, -0.25) is 0 Å². The predicted octanol–water partition coefficient (Wildman–Crippen LogP) is 4.19. The number of allylic oxidation sites excluding steroid dienone is 1. The Labute approximate surface area is 80.1 Å². The summed E-state index contributed by atoms with van der Waals surface area (Å²) >= 11 is 0. The minimum Gasteiger partial charge on any atom is -0.206 e. The van der Waals surface area contributed by atoms with Crippen LogP contribution in [0.1, 0.15) is 31.9 Å². The molecule has 0 heterocycles. The van der Waals surface area contributed by atoms with Crippen LogP contribution in [0.3, 0.4) is 0 Å². The first kappa shape index (κ1) is 11.9. The molecular formula is C12H17F. The molecule has 0 aliphatic heterocycles. The quantitative estimate of drug-likeness (QED) is 0.607. The van der Waals surface area contributed by atoms with E-state index in [2.05, 4.69) is 6.58 Å².